The molecule has 1 N–H and O–H groups in total. The number of para-hydroxylation sites is 1. The number of rotatable bonds is 5. The van der Waals surface area contributed by atoms with Crippen molar-refractivity contribution in [3.8, 4) is 11.5 Å². The molecular weight excluding hydrogens is 269 g/mol. The van der Waals surface area contributed by atoms with E-state index in [0.29, 0.717) is 17.1 Å². The molecule has 2 rings (SSSR count). The third kappa shape index (κ3) is 3.39. The van der Waals surface area contributed by atoms with Gasteiger partial charge in [-0.25, -0.2) is 0 Å². The molecule has 1 aliphatic rings. The lowest BCUT2D eigenvalue weighted by Gasteiger charge is -2.32. The summed E-state index contributed by atoms with van der Waals surface area (Å²) in [5, 5.41) is 9.57. The van der Waals surface area contributed by atoms with Gasteiger partial charge in [0, 0.05) is 5.92 Å². The predicted octanol–water partition coefficient (Wildman–Crippen LogP) is 1.71. The number of hydrogen-bond donors (Lipinski definition) is 1. The lowest BCUT2D eigenvalue weighted by molar-refractivity contribution is 0.0866. The summed E-state index contributed by atoms with van der Waals surface area (Å²) in [6.07, 6.45) is 1.51. The summed E-state index contributed by atoms with van der Waals surface area (Å²) in [6, 6.07) is 5.37. The van der Waals surface area contributed by atoms with Crippen molar-refractivity contribution in [2.75, 3.05) is 27.3 Å². The topological polar surface area (TPSA) is 59.0 Å². The third-order valence-corrected chi connectivity index (χ3v) is 4.10. The largest absolute Gasteiger partial charge is 0.493 e. The first-order valence-corrected chi connectivity index (χ1v) is 7.25. The van der Waals surface area contributed by atoms with Gasteiger partial charge in [-0.2, -0.15) is 0 Å². The zero-order valence-electron chi connectivity index (χ0n) is 12.8. The Labute approximate surface area is 126 Å². The Morgan fingerprint density at radius 3 is 2.48 bits per heavy atom. The molecule has 1 aromatic rings. The van der Waals surface area contributed by atoms with Crippen molar-refractivity contribution < 1.29 is 19.3 Å². The fourth-order valence-corrected chi connectivity index (χ4v) is 2.84. The van der Waals surface area contributed by atoms with Gasteiger partial charge in [-0.05, 0) is 44.9 Å². The Kier molecular flexibility index (Phi) is 5.25. The van der Waals surface area contributed by atoms with Gasteiger partial charge in [-0.15, -0.1) is 0 Å². The molecule has 0 spiro atoms. The minimum absolute atomic E-state index is 0.0268. The molecule has 0 amide bonds. The van der Waals surface area contributed by atoms with Crippen LogP contribution in [0.3, 0.4) is 0 Å². The maximum Gasteiger partial charge on any atom is 0.376 e. The monoisotopic (exact) mass is 291 g/mol. The van der Waals surface area contributed by atoms with Crippen LogP contribution in [-0.4, -0.2) is 50.0 Å². The highest BCUT2D eigenvalue weighted by Gasteiger charge is 2.30. The van der Waals surface area contributed by atoms with Crippen LogP contribution in [0.1, 0.15) is 23.2 Å². The highest BCUT2D eigenvalue weighted by atomic mass is 16.5. The number of hydrogen-bond acceptors (Lipinski definition) is 5. The molecule has 0 bridgehead atoms. The number of ketones is 1. The van der Waals surface area contributed by atoms with E-state index in [1.165, 1.54) is 0 Å². The second kappa shape index (κ2) is 6.96. The lowest BCUT2D eigenvalue weighted by atomic mass is 9.79. The molecule has 114 valence electrons. The standard InChI is InChI=1S/C15H22BNO4/c1-16(19)17-9-7-11(8-10-17)14(18)12-5-4-6-13(20-2)15(12)21-3/h4-6,11,19H,7-10H2,1-3H3. The summed E-state index contributed by atoms with van der Waals surface area (Å²) in [6.45, 7) is 3.23. The molecule has 1 fully saturated rings. The molecule has 0 aliphatic carbocycles. The van der Waals surface area contributed by atoms with Crippen LogP contribution in [0.15, 0.2) is 18.2 Å². The van der Waals surface area contributed by atoms with Gasteiger partial charge < -0.3 is 19.3 Å². The number of ether oxygens (including phenoxy) is 2. The van der Waals surface area contributed by atoms with E-state index in [4.69, 9.17) is 9.47 Å². The van der Waals surface area contributed by atoms with Crippen molar-refractivity contribution in [3.63, 3.8) is 0 Å². The number of nitrogens with zero attached hydrogens (tertiary/aromatic N) is 1. The van der Waals surface area contributed by atoms with Crippen molar-refractivity contribution in [2.45, 2.75) is 19.7 Å². The van der Waals surface area contributed by atoms with Crippen LogP contribution in [0.2, 0.25) is 6.82 Å². The zero-order chi connectivity index (χ0) is 15.4. The summed E-state index contributed by atoms with van der Waals surface area (Å²) in [5.74, 6) is 1.14. The maximum atomic E-state index is 12.7. The number of benzene rings is 1. The van der Waals surface area contributed by atoms with Crippen LogP contribution in [0, 0.1) is 5.92 Å². The SMILES string of the molecule is COc1cccc(C(=O)C2CCN(B(C)O)CC2)c1OC. The minimum atomic E-state index is -0.451. The summed E-state index contributed by atoms with van der Waals surface area (Å²) < 4.78 is 10.6. The van der Waals surface area contributed by atoms with Gasteiger partial charge in [0.25, 0.3) is 0 Å². The van der Waals surface area contributed by atoms with Crippen LogP contribution in [-0.2, 0) is 0 Å². The van der Waals surface area contributed by atoms with Gasteiger partial charge >= 0.3 is 7.05 Å². The molecule has 6 heteroatoms. The van der Waals surface area contributed by atoms with E-state index in [1.54, 1.807) is 39.2 Å². The van der Waals surface area contributed by atoms with Crippen LogP contribution in [0.4, 0.5) is 0 Å². The number of methoxy groups -OCH3 is 2. The van der Waals surface area contributed by atoms with Gasteiger partial charge in [-0.1, -0.05) is 6.07 Å². The Bertz CT molecular complexity index is 498. The van der Waals surface area contributed by atoms with Gasteiger partial charge in [0.1, 0.15) is 0 Å². The van der Waals surface area contributed by atoms with Crippen molar-refractivity contribution >= 4 is 12.8 Å². The fraction of sp³-hybridized carbons (Fsp3) is 0.533. The highest BCUT2D eigenvalue weighted by Crippen LogP contribution is 2.34. The van der Waals surface area contributed by atoms with E-state index in [0.717, 1.165) is 25.9 Å². The minimum Gasteiger partial charge on any atom is -0.493 e. The van der Waals surface area contributed by atoms with E-state index >= 15 is 0 Å². The summed E-state index contributed by atoms with van der Waals surface area (Å²) in [4.78, 5) is 14.7. The van der Waals surface area contributed by atoms with Crippen molar-refractivity contribution in [1.29, 1.82) is 0 Å². The highest BCUT2D eigenvalue weighted by molar-refractivity contribution is 6.45. The molecule has 0 radical (unpaired) electrons. The van der Waals surface area contributed by atoms with E-state index in [9.17, 15) is 9.82 Å². The number of carbonyl (C=O) groups is 1. The van der Waals surface area contributed by atoms with E-state index in [1.807, 2.05) is 4.81 Å². The summed E-state index contributed by atoms with van der Waals surface area (Å²) in [7, 11) is 2.66. The average molecular weight is 291 g/mol. The van der Waals surface area contributed by atoms with E-state index in [2.05, 4.69) is 0 Å². The van der Waals surface area contributed by atoms with Crippen LogP contribution < -0.4 is 9.47 Å². The normalized spacial score (nSPS) is 16.6. The Morgan fingerprint density at radius 1 is 1.29 bits per heavy atom. The third-order valence-electron chi connectivity index (χ3n) is 4.10. The van der Waals surface area contributed by atoms with Gasteiger partial charge in [0.15, 0.2) is 17.3 Å². The molecule has 0 atom stereocenters. The average Bonchev–Trinajstić information content (AvgIpc) is 2.53. The van der Waals surface area contributed by atoms with Gasteiger partial charge in [0.05, 0.1) is 19.8 Å². The van der Waals surface area contributed by atoms with Crippen LogP contribution in [0.5, 0.6) is 11.5 Å². The van der Waals surface area contributed by atoms with Crippen molar-refractivity contribution in [1.82, 2.24) is 4.81 Å². The van der Waals surface area contributed by atoms with E-state index < -0.39 is 7.05 Å². The predicted molar refractivity (Wildman–Crippen MR) is 82.0 cm³/mol. The van der Waals surface area contributed by atoms with Crippen LogP contribution >= 0.6 is 0 Å². The summed E-state index contributed by atoms with van der Waals surface area (Å²) in [5.41, 5.74) is 0.576. The molecule has 1 aromatic carbocycles. The Hall–Kier alpha value is -1.53. The second-order valence-electron chi connectivity index (χ2n) is 5.35. The second-order valence-corrected chi connectivity index (χ2v) is 5.35. The van der Waals surface area contributed by atoms with Crippen LogP contribution in [0.25, 0.3) is 0 Å². The molecule has 5 nitrogen and oxygen atoms in total. The first-order chi connectivity index (χ1) is 10.1. The molecule has 1 saturated heterocycles. The molecule has 1 heterocycles. The quantitative estimate of drug-likeness (QED) is 0.661. The van der Waals surface area contributed by atoms with E-state index in [-0.39, 0.29) is 11.7 Å². The van der Waals surface area contributed by atoms with Crippen molar-refractivity contribution in [2.24, 2.45) is 5.92 Å². The smallest absolute Gasteiger partial charge is 0.376 e. The first-order valence-electron chi connectivity index (χ1n) is 7.25. The number of piperidine rings is 1. The Morgan fingerprint density at radius 2 is 1.95 bits per heavy atom. The van der Waals surface area contributed by atoms with Gasteiger partial charge in [-0.3, -0.25) is 4.79 Å². The maximum absolute atomic E-state index is 12.7. The number of carbonyl (C=O) groups excluding carboxylic acids is 1. The molecule has 1 aliphatic heterocycles. The summed E-state index contributed by atoms with van der Waals surface area (Å²) >= 11 is 0. The molecule has 21 heavy (non-hydrogen) atoms. The van der Waals surface area contributed by atoms with Crippen molar-refractivity contribution in [3.05, 3.63) is 23.8 Å². The molecule has 0 saturated carbocycles. The molecular formula is C15H22BNO4. The fourth-order valence-electron chi connectivity index (χ4n) is 2.84. The molecule has 0 unspecified atom stereocenters. The number of Topliss-reactive ketones (excluding diaryl/α,β-unsaturated/α-hetero) is 1. The lowest BCUT2D eigenvalue weighted by Crippen LogP contribution is -2.44. The first kappa shape index (κ1) is 15.9. The molecule has 0 aromatic heterocycles. The van der Waals surface area contributed by atoms with Gasteiger partial charge in [0.2, 0.25) is 0 Å². The Balaban J connectivity index is 2.14. The zero-order valence-corrected chi connectivity index (χ0v) is 12.8.